The van der Waals surface area contributed by atoms with Gasteiger partial charge in [-0.1, -0.05) is 23.7 Å². The van der Waals surface area contributed by atoms with Gasteiger partial charge in [0.1, 0.15) is 0 Å². The summed E-state index contributed by atoms with van der Waals surface area (Å²) in [5, 5.41) is 16.9. The van der Waals surface area contributed by atoms with Crippen molar-refractivity contribution >= 4 is 27.6 Å². The Morgan fingerprint density at radius 1 is 1.18 bits per heavy atom. The van der Waals surface area contributed by atoms with E-state index in [0.717, 1.165) is 16.8 Å². The molecule has 0 bridgehead atoms. The summed E-state index contributed by atoms with van der Waals surface area (Å²) in [6, 6.07) is 12.5. The number of aromatic amines is 1. The number of aromatic carboxylic acids is 1. The molecule has 2 heterocycles. The molecule has 1 aliphatic rings. The first-order valence-corrected chi connectivity index (χ1v) is 10.3. The predicted molar refractivity (Wildman–Crippen MR) is 104 cm³/mol. The number of aromatic nitrogens is 2. The molecule has 0 radical (unpaired) electrons. The number of fused-ring (bicyclic) bond motifs is 1. The van der Waals surface area contributed by atoms with Crippen LogP contribution in [0.5, 0.6) is 0 Å². The summed E-state index contributed by atoms with van der Waals surface area (Å²) in [4.78, 5) is 11.1. The highest BCUT2D eigenvalue weighted by Gasteiger charge is 2.31. The van der Waals surface area contributed by atoms with Gasteiger partial charge in [-0.05, 0) is 36.4 Å². The molecule has 1 aliphatic heterocycles. The van der Waals surface area contributed by atoms with Crippen LogP contribution in [0.4, 0.5) is 0 Å². The Bertz CT molecular complexity index is 1160. The Balaban J connectivity index is 1.66. The molecule has 0 amide bonds. The summed E-state index contributed by atoms with van der Waals surface area (Å²) in [6.45, 7) is 0.490. The van der Waals surface area contributed by atoms with E-state index in [-0.39, 0.29) is 17.0 Å². The van der Waals surface area contributed by atoms with Gasteiger partial charge in [0.2, 0.25) is 10.0 Å². The summed E-state index contributed by atoms with van der Waals surface area (Å²) in [6.07, 6.45) is 0.509. The summed E-state index contributed by atoms with van der Waals surface area (Å²) >= 11 is 6.08. The highest BCUT2D eigenvalue weighted by molar-refractivity contribution is 7.89. The first-order valence-electron chi connectivity index (χ1n) is 8.52. The molecule has 0 unspecified atom stereocenters. The van der Waals surface area contributed by atoms with Crippen molar-refractivity contribution in [3.8, 4) is 11.3 Å². The maximum atomic E-state index is 13.0. The highest BCUT2D eigenvalue weighted by Crippen LogP contribution is 2.32. The number of carbonyl (C=O) groups is 1. The molecule has 7 nitrogen and oxygen atoms in total. The van der Waals surface area contributed by atoms with Crippen LogP contribution in [0.3, 0.4) is 0 Å². The minimum atomic E-state index is -3.76. The van der Waals surface area contributed by atoms with Gasteiger partial charge >= 0.3 is 5.97 Å². The van der Waals surface area contributed by atoms with E-state index >= 15 is 0 Å². The number of rotatable bonds is 4. The van der Waals surface area contributed by atoms with Crippen molar-refractivity contribution in [3.05, 3.63) is 70.4 Å². The van der Waals surface area contributed by atoms with Crippen molar-refractivity contribution in [2.75, 3.05) is 6.54 Å². The van der Waals surface area contributed by atoms with E-state index in [0.29, 0.717) is 23.7 Å². The third-order valence-electron chi connectivity index (χ3n) is 4.74. The molecule has 4 rings (SSSR count). The quantitative estimate of drug-likeness (QED) is 0.678. The Kier molecular flexibility index (Phi) is 4.70. The summed E-state index contributed by atoms with van der Waals surface area (Å²) in [5.41, 5.74) is 3.26. The molecule has 0 saturated heterocycles. The number of carboxylic acids is 1. The molecule has 0 spiro atoms. The molecular formula is C19H16ClN3O4S. The Hall–Kier alpha value is -2.68. The molecule has 9 heteroatoms. The minimum absolute atomic E-state index is 0.0398. The summed E-state index contributed by atoms with van der Waals surface area (Å²) in [5.74, 6) is -1.10. The van der Waals surface area contributed by atoms with Gasteiger partial charge in [0, 0.05) is 41.4 Å². The van der Waals surface area contributed by atoms with E-state index in [4.69, 9.17) is 16.7 Å². The van der Waals surface area contributed by atoms with Crippen molar-refractivity contribution in [1.29, 1.82) is 0 Å². The topological polar surface area (TPSA) is 103 Å². The molecule has 0 saturated carbocycles. The van der Waals surface area contributed by atoms with Crippen LogP contribution in [0.25, 0.3) is 11.3 Å². The number of nitrogens with one attached hydrogen (secondary N) is 1. The first-order chi connectivity index (χ1) is 13.4. The molecule has 1 aromatic heterocycles. The fraction of sp³-hybridized carbons (Fsp3) is 0.158. The lowest BCUT2D eigenvalue weighted by molar-refractivity contribution is 0.0696. The first kappa shape index (κ1) is 18.7. The third-order valence-corrected chi connectivity index (χ3v) is 6.83. The van der Waals surface area contributed by atoms with Gasteiger partial charge in [-0.25, -0.2) is 13.2 Å². The normalized spacial score (nSPS) is 14.6. The van der Waals surface area contributed by atoms with E-state index in [9.17, 15) is 13.2 Å². The van der Waals surface area contributed by atoms with Crippen LogP contribution in [0.1, 0.15) is 21.6 Å². The van der Waals surface area contributed by atoms with Crippen molar-refractivity contribution < 1.29 is 18.3 Å². The number of hydrogen-bond acceptors (Lipinski definition) is 4. The second-order valence-electron chi connectivity index (χ2n) is 6.46. The van der Waals surface area contributed by atoms with Gasteiger partial charge < -0.3 is 5.11 Å². The van der Waals surface area contributed by atoms with Gasteiger partial charge in [0.05, 0.1) is 16.2 Å². The van der Waals surface area contributed by atoms with Crippen LogP contribution in [0.2, 0.25) is 5.02 Å². The molecule has 3 aromatic rings. The van der Waals surface area contributed by atoms with Crippen LogP contribution in [0.15, 0.2) is 53.4 Å². The van der Waals surface area contributed by atoms with E-state index in [2.05, 4.69) is 10.2 Å². The van der Waals surface area contributed by atoms with Crippen LogP contribution in [-0.4, -0.2) is 40.5 Å². The zero-order valence-electron chi connectivity index (χ0n) is 14.6. The van der Waals surface area contributed by atoms with Crippen LogP contribution < -0.4 is 0 Å². The Labute approximate surface area is 166 Å². The maximum Gasteiger partial charge on any atom is 0.335 e. The lowest BCUT2D eigenvalue weighted by atomic mass is 10.0. The average Bonchev–Trinajstić information content (AvgIpc) is 3.11. The number of H-pyrrole nitrogens is 1. The number of benzene rings is 2. The Morgan fingerprint density at radius 2 is 1.93 bits per heavy atom. The van der Waals surface area contributed by atoms with Crippen molar-refractivity contribution in [3.63, 3.8) is 0 Å². The highest BCUT2D eigenvalue weighted by atomic mass is 35.5. The summed E-state index contributed by atoms with van der Waals surface area (Å²) in [7, 11) is -3.76. The van der Waals surface area contributed by atoms with Gasteiger partial charge in [0.15, 0.2) is 0 Å². The van der Waals surface area contributed by atoms with Crippen LogP contribution in [-0.2, 0) is 23.0 Å². The molecule has 0 aliphatic carbocycles. The van der Waals surface area contributed by atoms with Gasteiger partial charge in [-0.15, -0.1) is 0 Å². The van der Waals surface area contributed by atoms with Crippen molar-refractivity contribution in [2.45, 2.75) is 17.9 Å². The fourth-order valence-electron chi connectivity index (χ4n) is 3.27. The van der Waals surface area contributed by atoms with Crippen LogP contribution >= 0.6 is 11.6 Å². The smallest absolute Gasteiger partial charge is 0.335 e. The third kappa shape index (κ3) is 3.30. The monoisotopic (exact) mass is 417 g/mol. The van der Waals surface area contributed by atoms with E-state index in [1.165, 1.54) is 28.6 Å². The minimum Gasteiger partial charge on any atom is -0.478 e. The number of carboxylic acid groups (broad SMARTS) is 1. The molecule has 144 valence electrons. The van der Waals surface area contributed by atoms with Gasteiger partial charge in [-0.3, -0.25) is 5.10 Å². The maximum absolute atomic E-state index is 13.0. The fourth-order valence-corrected chi connectivity index (χ4v) is 4.87. The van der Waals surface area contributed by atoms with E-state index in [1.54, 1.807) is 12.1 Å². The lowest BCUT2D eigenvalue weighted by Crippen LogP contribution is -2.36. The molecule has 2 aromatic carbocycles. The second kappa shape index (κ2) is 7.05. The zero-order chi connectivity index (χ0) is 19.9. The van der Waals surface area contributed by atoms with Crippen LogP contribution in [0, 0.1) is 0 Å². The van der Waals surface area contributed by atoms with Gasteiger partial charge in [-0.2, -0.15) is 9.40 Å². The largest absolute Gasteiger partial charge is 0.478 e. The molecule has 0 atom stereocenters. The predicted octanol–water partition coefficient (Wildman–Crippen LogP) is 3.18. The van der Waals surface area contributed by atoms with E-state index in [1.807, 2.05) is 12.1 Å². The summed E-state index contributed by atoms with van der Waals surface area (Å²) < 4.78 is 27.4. The zero-order valence-corrected chi connectivity index (χ0v) is 16.2. The van der Waals surface area contributed by atoms with E-state index < -0.39 is 16.0 Å². The lowest BCUT2D eigenvalue weighted by Gasteiger charge is -2.26. The molecular weight excluding hydrogens is 402 g/mol. The average molecular weight is 418 g/mol. The molecule has 28 heavy (non-hydrogen) atoms. The van der Waals surface area contributed by atoms with Crippen molar-refractivity contribution in [2.24, 2.45) is 0 Å². The molecule has 2 N–H and O–H groups in total. The second-order valence-corrected chi connectivity index (χ2v) is 8.83. The number of halogens is 1. The number of nitrogens with zero attached hydrogens (tertiary/aromatic N) is 2. The van der Waals surface area contributed by atoms with Gasteiger partial charge in [0.25, 0.3) is 0 Å². The van der Waals surface area contributed by atoms with Crippen molar-refractivity contribution in [1.82, 2.24) is 14.5 Å². The standard InChI is InChI=1S/C19H16ClN3O4S/c20-14-3-1-2-13(10-14)18-16-11-23(9-8-17(16)21-22-18)28(26,27)15-6-4-12(5-7-15)19(24)25/h1-7,10H,8-9,11H2,(H,21,22)(H,24,25). The SMILES string of the molecule is O=C(O)c1ccc(S(=O)(=O)N2CCc3[nH]nc(-c4cccc(Cl)c4)c3C2)cc1. The Morgan fingerprint density at radius 3 is 2.61 bits per heavy atom. The number of hydrogen-bond donors (Lipinski definition) is 2. The molecule has 0 fully saturated rings. The number of sulfonamides is 1.